The zero-order chi connectivity index (χ0) is 33.1. The Labute approximate surface area is 263 Å². The summed E-state index contributed by atoms with van der Waals surface area (Å²) in [5.74, 6) is -2.78. The number of hydrogen-bond acceptors (Lipinski definition) is 8. The van der Waals surface area contributed by atoms with Gasteiger partial charge < -0.3 is 20.3 Å². The molecule has 12 nitrogen and oxygen atoms in total. The zero-order valence-corrected chi connectivity index (χ0v) is 27.0. The maximum absolute atomic E-state index is 13.8. The lowest BCUT2D eigenvalue weighted by Gasteiger charge is -2.36. The van der Waals surface area contributed by atoms with E-state index in [1.54, 1.807) is 54.8 Å². The van der Waals surface area contributed by atoms with Crippen molar-refractivity contribution in [1.82, 2.24) is 31.0 Å². The summed E-state index contributed by atoms with van der Waals surface area (Å²) in [6, 6.07) is 6.43. The van der Waals surface area contributed by atoms with Gasteiger partial charge in [-0.1, -0.05) is 44.2 Å². The van der Waals surface area contributed by atoms with E-state index in [9.17, 15) is 24.0 Å². The van der Waals surface area contributed by atoms with Crippen LogP contribution in [0.3, 0.4) is 0 Å². The number of carbonyl (C=O) groups excluding carboxylic acids is 5. The van der Waals surface area contributed by atoms with Gasteiger partial charge in [0.2, 0.25) is 17.7 Å². The van der Waals surface area contributed by atoms with Crippen molar-refractivity contribution < 1.29 is 28.7 Å². The highest BCUT2D eigenvalue weighted by Crippen LogP contribution is 2.25. The first-order valence-corrected chi connectivity index (χ1v) is 15.4. The molecule has 0 radical (unpaired) electrons. The lowest BCUT2D eigenvalue weighted by molar-refractivity contribution is -0.157. The highest BCUT2D eigenvalue weighted by molar-refractivity contribution is 5.96. The number of fused-ring (bicyclic) bond motifs is 4. The van der Waals surface area contributed by atoms with E-state index in [-0.39, 0.29) is 30.7 Å². The van der Waals surface area contributed by atoms with E-state index in [0.717, 1.165) is 10.9 Å². The molecule has 4 unspecified atom stereocenters. The van der Waals surface area contributed by atoms with Crippen molar-refractivity contribution in [2.24, 2.45) is 11.3 Å². The van der Waals surface area contributed by atoms with Crippen LogP contribution >= 0.6 is 0 Å². The molecule has 3 N–H and O–H groups in total. The first-order valence-electron chi connectivity index (χ1n) is 15.4. The van der Waals surface area contributed by atoms with Crippen LogP contribution < -0.4 is 16.1 Å². The molecule has 3 heterocycles. The Bertz CT molecular complexity index is 1500. The average Bonchev–Trinajstić information content (AvgIpc) is 3.00. The van der Waals surface area contributed by atoms with Crippen LogP contribution in [-0.2, 0) is 28.7 Å². The molecule has 4 rings (SSSR count). The van der Waals surface area contributed by atoms with Crippen molar-refractivity contribution in [2.75, 3.05) is 20.6 Å². The van der Waals surface area contributed by atoms with Gasteiger partial charge in [0.25, 0.3) is 5.91 Å². The Kier molecular flexibility index (Phi) is 10.3. The predicted octanol–water partition coefficient (Wildman–Crippen LogP) is 2.49. The van der Waals surface area contributed by atoms with Crippen LogP contribution in [-0.4, -0.2) is 83.3 Å². The Hall–Kier alpha value is -4.32. The Morgan fingerprint density at radius 3 is 2.51 bits per heavy atom. The number of cyclic esters (lactones) is 1. The quantitative estimate of drug-likeness (QED) is 0.443. The Morgan fingerprint density at radius 1 is 1.11 bits per heavy atom. The summed E-state index contributed by atoms with van der Waals surface area (Å²) < 4.78 is 5.78. The SMILES string of the molecule is CC1OC(=O)C2CCCN(N2)C(=O)C(CC(=O)N(C)C)NC(=O)C(C(C)C)NC(=O)C(C)(C)C=Cc2ccc3ccc1nc3c2. The molecule has 12 heteroatoms. The summed E-state index contributed by atoms with van der Waals surface area (Å²) in [5, 5.41) is 7.74. The fourth-order valence-electron chi connectivity index (χ4n) is 5.16. The molecule has 0 aliphatic carbocycles. The summed E-state index contributed by atoms with van der Waals surface area (Å²) in [7, 11) is 3.12. The second kappa shape index (κ2) is 13.8. The monoisotopic (exact) mass is 620 g/mol. The van der Waals surface area contributed by atoms with Crippen LogP contribution in [0.5, 0.6) is 0 Å². The summed E-state index contributed by atoms with van der Waals surface area (Å²) in [6.45, 7) is 9.07. The average molecular weight is 621 g/mol. The van der Waals surface area contributed by atoms with E-state index in [0.29, 0.717) is 24.1 Å². The van der Waals surface area contributed by atoms with E-state index in [4.69, 9.17) is 9.72 Å². The molecule has 1 aromatic carbocycles. The van der Waals surface area contributed by atoms with Crippen molar-refractivity contribution in [3.05, 3.63) is 47.7 Å². The van der Waals surface area contributed by atoms with Crippen LogP contribution in [0.15, 0.2) is 36.4 Å². The third-order valence-corrected chi connectivity index (χ3v) is 8.19. The summed E-state index contributed by atoms with van der Waals surface area (Å²) in [4.78, 5) is 73.0. The molecule has 242 valence electrons. The number of ether oxygens (including phenoxy) is 1. The number of hydrogen-bond donors (Lipinski definition) is 3. The van der Waals surface area contributed by atoms with E-state index in [2.05, 4.69) is 16.1 Å². The van der Waals surface area contributed by atoms with Crippen molar-refractivity contribution in [3.8, 4) is 0 Å². The van der Waals surface area contributed by atoms with E-state index < -0.39 is 47.4 Å². The van der Waals surface area contributed by atoms with Gasteiger partial charge in [0.1, 0.15) is 24.2 Å². The topological polar surface area (TPSA) is 150 Å². The molecule has 4 amide bonds. The van der Waals surface area contributed by atoms with Crippen molar-refractivity contribution in [2.45, 2.75) is 78.1 Å². The molecular formula is C33H44N6O6. The van der Waals surface area contributed by atoms with Crippen molar-refractivity contribution in [3.63, 3.8) is 0 Å². The molecule has 45 heavy (non-hydrogen) atoms. The molecule has 5 bridgehead atoms. The maximum atomic E-state index is 13.8. The van der Waals surface area contributed by atoms with Gasteiger partial charge in [-0.05, 0) is 57.2 Å². The number of rotatable bonds is 3. The lowest BCUT2D eigenvalue weighted by atomic mass is 9.89. The number of aromatic nitrogens is 1. The van der Waals surface area contributed by atoms with Gasteiger partial charge in [-0.25, -0.2) is 10.4 Å². The second-order valence-corrected chi connectivity index (χ2v) is 12.9. The zero-order valence-electron chi connectivity index (χ0n) is 27.0. The molecule has 2 aromatic rings. The molecule has 1 aromatic heterocycles. The number of nitrogens with one attached hydrogen (secondary N) is 3. The molecule has 0 saturated carbocycles. The van der Waals surface area contributed by atoms with Crippen molar-refractivity contribution >= 4 is 46.6 Å². The van der Waals surface area contributed by atoms with Gasteiger partial charge in [-0.2, -0.15) is 0 Å². The van der Waals surface area contributed by atoms with Gasteiger partial charge in [0.05, 0.1) is 23.0 Å². The van der Waals surface area contributed by atoms with Gasteiger partial charge in [-0.3, -0.25) is 29.0 Å². The fourth-order valence-corrected chi connectivity index (χ4v) is 5.16. The van der Waals surface area contributed by atoms with Crippen LogP contribution in [0.25, 0.3) is 17.0 Å². The van der Waals surface area contributed by atoms with Gasteiger partial charge in [0, 0.05) is 26.0 Å². The highest BCUT2D eigenvalue weighted by Gasteiger charge is 2.37. The Balaban J connectivity index is 1.74. The van der Waals surface area contributed by atoms with Crippen molar-refractivity contribution in [1.29, 1.82) is 0 Å². The van der Waals surface area contributed by atoms with Crippen LogP contribution in [0.4, 0.5) is 0 Å². The third-order valence-electron chi connectivity index (χ3n) is 8.19. The maximum Gasteiger partial charge on any atom is 0.325 e. The summed E-state index contributed by atoms with van der Waals surface area (Å²) in [6.07, 6.45) is 3.55. The van der Waals surface area contributed by atoms with E-state index in [1.807, 2.05) is 36.4 Å². The number of benzene rings is 1. The number of hydrazine groups is 1. The summed E-state index contributed by atoms with van der Waals surface area (Å²) in [5.41, 5.74) is 4.04. The van der Waals surface area contributed by atoms with Crippen LogP contribution in [0, 0.1) is 11.3 Å². The molecule has 1 saturated heterocycles. The molecule has 4 atom stereocenters. The number of esters is 1. The first-order chi connectivity index (χ1) is 21.2. The minimum atomic E-state index is -1.24. The van der Waals surface area contributed by atoms with Gasteiger partial charge in [-0.15, -0.1) is 0 Å². The van der Waals surface area contributed by atoms with Gasteiger partial charge >= 0.3 is 5.97 Å². The minimum absolute atomic E-state index is 0.264. The number of pyridine rings is 1. The Morgan fingerprint density at radius 2 is 1.82 bits per heavy atom. The molecule has 2 aliphatic rings. The number of nitrogens with zero attached hydrogens (tertiary/aromatic N) is 3. The lowest BCUT2D eigenvalue weighted by Crippen LogP contribution is -2.62. The van der Waals surface area contributed by atoms with Gasteiger partial charge in [0.15, 0.2) is 0 Å². The largest absolute Gasteiger partial charge is 0.455 e. The van der Waals surface area contributed by atoms with E-state index in [1.165, 1.54) is 9.91 Å². The number of amides is 4. The fraction of sp³-hybridized carbons (Fsp3) is 0.515. The minimum Gasteiger partial charge on any atom is -0.455 e. The first kappa shape index (κ1) is 33.6. The summed E-state index contributed by atoms with van der Waals surface area (Å²) >= 11 is 0. The molecule has 2 aliphatic heterocycles. The predicted molar refractivity (Wildman–Crippen MR) is 169 cm³/mol. The highest BCUT2D eigenvalue weighted by atomic mass is 16.5. The number of carbonyl (C=O) groups is 5. The van der Waals surface area contributed by atoms with E-state index >= 15 is 0 Å². The standard InChI is InChI=1S/C33H44N6O6/c1-19(2)28-29(41)35-26(18-27(40)38(6)7)30(42)39-16-8-9-24(37-39)31(43)45-20(3)23-13-12-22-11-10-21(17-25(22)34-23)14-15-33(4,5)32(44)36-28/h10-15,17,19-20,24,26,28,37H,8-9,16,18H2,1-7H3,(H,35,41)(H,36,44). The molecular weight excluding hydrogens is 576 g/mol. The third kappa shape index (κ3) is 8.05. The normalized spacial score (nSPS) is 24.7. The second-order valence-electron chi connectivity index (χ2n) is 12.9. The smallest absolute Gasteiger partial charge is 0.325 e. The van der Waals surface area contributed by atoms with Crippen LogP contribution in [0.1, 0.15) is 71.2 Å². The van der Waals surface area contributed by atoms with Crippen LogP contribution in [0.2, 0.25) is 0 Å². The molecule has 1 fully saturated rings. The molecule has 0 spiro atoms.